The Hall–Kier alpha value is -1.14. The highest BCUT2D eigenvalue weighted by Gasteiger charge is 2.20. The van der Waals surface area contributed by atoms with Crippen LogP contribution in [0.25, 0.3) is 0 Å². The van der Waals surface area contributed by atoms with Crippen LogP contribution in [-0.2, 0) is 9.59 Å². The summed E-state index contributed by atoms with van der Waals surface area (Å²) in [6, 6.07) is 0.412. The molecule has 6 nitrogen and oxygen atoms in total. The second-order valence-electron chi connectivity index (χ2n) is 6.16. The van der Waals surface area contributed by atoms with E-state index in [9.17, 15) is 9.59 Å². The van der Waals surface area contributed by atoms with Crippen LogP contribution in [-0.4, -0.2) is 85.9 Å². The lowest BCUT2D eigenvalue weighted by Crippen LogP contribution is -2.40. The largest absolute Gasteiger partial charge is 0.348 e. The van der Waals surface area contributed by atoms with Crippen molar-refractivity contribution in [1.29, 1.82) is 0 Å². The van der Waals surface area contributed by atoms with Crippen LogP contribution in [0.15, 0.2) is 0 Å². The second kappa shape index (κ2) is 9.00. The van der Waals surface area contributed by atoms with Crippen LogP contribution in [0.5, 0.6) is 0 Å². The van der Waals surface area contributed by atoms with Gasteiger partial charge in [0.15, 0.2) is 0 Å². The smallest absolute Gasteiger partial charge is 0.236 e. The Morgan fingerprint density at radius 3 is 2.48 bits per heavy atom. The molecule has 1 aliphatic heterocycles. The average molecular weight is 298 g/mol. The van der Waals surface area contributed by atoms with Gasteiger partial charge in [-0.25, -0.2) is 0 Å². The van der Waals surface area contributed by atoms with Crippen molar-refractivity contribution in [3.05, 3.63) is 0 Å². The summed E-state index contributed by atoms with van der Waals surface area (Å²) in [5, 5.41) is 3.27. The molecule has 0 radical (unpaired) electrons. The number of nitrogens with one attached hydrogen (secondary N) is 1. The van der Waals surface area contributed by atoms with E-state index in [1.165, 1.54) is 0 Å². The zero-order chi connectivity index (χ0) is 15.8. The van der Waals surface area contributed by atoms with Gasteiger partial charge in [0, 0.05) is 59.3 Å². The van der Waals surface area contributed by atoms with Crippen LogP contribution >= 0.6 is 0 Å². The molecule has 0 aliphatic carbocycles. The maximum atomic E-state index is 12.2. The molecular formula is C15H30N4O2. The van der Waals surface area contributed by atoms with Crippen molar-refractivity contribution in [3.63, 3.8) is 0 Å². The first-order valence-electron chi connectivity index (χ1n) is 7.84. The first kappa shape index (κ1) is 17.9. The first-order chi connectivity index (χ1) is 9.90. The lowest BCUT2D eigenvalue weighted by Gasteiger charge is -2.23. The van der Waals surface area contributed by atoms with E-state index >= 15 is 0 Å². The van der Waals surface area contributed by atoms with E-state index < -0.39 is 0 Å². The standard InChI is InChI=1S/C15H30N4O2/c1-13(2)16-7-6-14(20)19-9-5-8-18(10-11-19)12-15(21)17(3)4/h13,16H,5-12H2,1-4H3. The Morgan fingerprint density at radius 2 is 1.86 bits per heavy atom. The van der Waals surface area contributed by atoms with E-state index in [0.29, 0.717) is 19.0 Å². The van der Waals surface area contributed by atoms with E-state index in [0.717, 1.165) is 39.1 Å². The third-order valence-corrected chi connectivity index (χ3v) is 3.69. The van der Waals surface area contributed by atoms with Crippen LogP contribution < -0.4 is 5.32 Å². The monoisotopic (exact) mass is 298 g/mol. The molecule has 122 valence electrons. The molecule has 0 bridgehead atoms. The van der Waals surface area contributed by atoms with E-state index in [-0.39, 0.29) is 11.8 Å². The molecule has 0 saturated carbocycles. The van der Waals surface area contributed by atoms with Crippen molar-refractivity contribution in [1.82, 2.24) is 20.0 Å². The van der Waals surface area contributed by atoms with E-state index in [2.05, 4.69) is 24.1 Å². The third-order valence-electron chi connectivity index (χ3n) is 3.69. The molecular weight excluding hydrogens is 268 g/mol. The summed E-state index contributed by atoms with van der Waals surface area (Å²) >= 11 is 0. The van der Waals surface area contributed by atoms with Gasteiger partial charge in [-0.3, -0.25) is 14.5 Å². The highest BCUT2D eigenvalue weighted by Crippen LogP contribution is 2.05. The fourth-order valence-electron chi connectivity index (χ4n) is 2.34. The SMILES string of the molecule is CC(C)NCCC(=O)N1CCCN(CC(=O)N(C)C)CC1. The summed E-state index contributed by atoms with van der Waals surface area (Å²) in [4.78, 5) is 29.6. The molecule has 0 aromatic rings. The van der Waals surface area contributed by atoms with E-state index in [4.69, 9.17) is 0 Å². The molecule has 0 atom stereocenters. The zero-order valence-electron chi connectivity index (χ0n) is 13.9. The van der Waals surface area contributed by atoms with Crippen molar-refractivity contribution in [2.75, 3.05) is 53.4 Å². The van der Waals surface area contributed by atoms with Crippen LogP contribution in [0.4, 0.5) is 0 Å². The molecule has 1 fully saturated rings. The minimum atomic E-state index is 0.121. The molecule has 0 aromatic heterocycles. The van der Waals surface area contributed by atoms with Crippen molar-refractivity contribution in [2.24, 2.45) is 0 Å². The number of carbonyl (C=O) groups is 2. The number of likely N-dealkylation sites (N-methyl/N-ethyl adjacent to an activating group) is 1. The van der Waals surface area contributed by atoms with Gasteiger partial charge in [-0.1, -0.05) is 13.8 Å². The number of hydrogen-bond acceptors (Lipinski definition) is 4. The van der Waals surface area contributed by atoms with Crippen molar-refractivity contribution >= 4 is 11.8 Å². The van der Waals surface area contributed by atoms with Gasteiger partial charge in [0.1, 0.15) is 0 Å². The third kappa shape index (κ3) is 6.91. The Morgan fingerprint density at radius 1 is 1.14 bits per heavy atom. The first-order valence-corrected chi connectivity index (χ1v) is 7.84. The summed E-state index contributed by atoms with van der Waals surface area (Å²) < 4.78 is 0. The fraction of sp³-hybridized carbons (Fsp3) is 0.867. The summed E-state index contributed by atoms with van der Waals surface area (Å²) in [5.74, 6) is 0.333. The highest BCUT2D eigenvalue weighted by molar-refractivity contribution is 5.78. The van der Waals surface area contributed by atoms with Crippen LogP contribution in [0, 0.1) is 0 Å². The lowest BCUT2D eigenvalue weighted by atomic mass is 10.3. The Bertz CT molecular complexity index is 345. The molecule has 0 spiro atoms. The Labute approximate surface area is 128 Å². The van der Waals surface area contributed by atoms with Gasteiger partial charge in [-0.15, -0.1) is 0 Å². The minimum Gasteiger partial charge on any atom is -0.348 e. The van der Waals surface area contributed by atoms with Gasteiger partial charge >= 0.3 is 0 Å². The van der Waals surface area contributed by atoms with Crippen LogP contribution in [0.3, 0.4) is 0 Å². The zero-order valence-corrected chi connectivity index (χ0v) is 13.9. The maximum absolute atomic E-state index is 12.2. The molecule has 1 saturated heterocycles. The average Bonchev–Trinajstić information content (AvgIpc) is 2.63. The number of amides is 2. The molecule has 2 amide bonds. The Kier molecular flexibility index (Phi) is 7.67. The second-order valence-corrected chi connectivity index (χ2v) is 6.16. The number of nitrogens with zero attached hydrogens (tertiary/aromatic N) is 3. The predicted octanol–water partition coefficient (Wildman–Crippen LogP) is -0.00300. The van der Waals surface area contributed by atoms with Crippen molar-refractivity contribution < 1.29 is 9.59 Å². The molecule has 6 heteroatoms. The van der Waals surface area contributed by atoms with Gasteiger partial charge in [0.05, 0.1) is 6.54 Å². The molecule has 0 unspecified atom stereocenters. The maximum Gasteiger partial charge on any atom is 0.236 e. The Balaban J connectivity index is 2.34. The van der Waals surface area contributed by atoms with E-state index in [1.807, 2.05) is 4.90 Å². The molecule has 1 aliphatic rings. The van der Waals surface area contributed by atoms with E-state index in [1.54, 1.807) is 19.0 Å². The number of carbonyl (C=O) groups excluding carboxylic acids is 2. The highest BCUT2D eigenvalue weighted by atomic mass is 16.2. The quantitative estimate of drug-likeness (QED) is 0.750. The number of hydrogen-bond donors (Lipinski definition) is 1. The molecule has 0 aromatic carbocycles. The minimum absolute atomic E-state index is 0.121. The van der Waals surface area contributed by atoms with Crippen LogP contribution in [0.1, 0.15) is 26.7 Å². The van der Waals surface area contributed by atoms with Gasteiger partial charge < -0.3 is 15.1 Å². The fourth-order valence-corrected chi connectivity index (χ4v) is 2.34. The van der Waals surface area contributed by atoms with Gasteiger partial charge in [0.25, 0.3) is 0 Å². The van der Waals surface area contributed by atoms with Gasteiger partial charge in [0.2, 0.25) is 11.8 Å². The molecule has 21 heavy (non-hydrogen) atoms. The summed E-state index contributed by atoms with van der Waals surface area (Å²) in [6.45, 7) is 8.52. The van der Waals surface area contributed by atoms with Gasteiger partial charge in [-0.2, -0.15) is 0 Å². The molecule has 1 heterocycles. The lowest BCUT2D eigenvalue weighted by molar-refractivity contribution is -0.131. The molecule has 1 rings (SSSR count). The van der Waals surface area contributed by atoms with Gasteiger partial charge in [-0.05, 0) is 6.42 Å². The normalized spacial score (nSPS) is 16.9. The summed E-state index contributed by atoms with van der Waals surface area (Å²) in [7, 11) is 3.55. The summed E-state index contributed by atoms with van der Waals surface area (Å²) in [6.07, 6.45) is 1.48. The predicted molar refractivity (Wildman–Crippen MR) is 84.1 cm³/mol. The molecule has 1 N–H and O–H groups in total. The topological polar surface area (TPSA) is 55.9 Å². The number of rotatable bonds is 6. The van der Waals surface area contributed by atoms with Crippen LogP contribution in [0.2, 0.25) is 0 Å². The summed E-state index contributed by atoms with van der Waals surface area (Å²) in [5.41, 5.74) is 0. The van der Waals surface area contributed by atoms with Crippen molar-refractivity contribution in [3.8, 4) is 0 Å². The van der Waals surface area contributed by atoms with Crippen molar-refractivity contribution in [2.45, 2.75) is 32.7 Å².